The van der Waals surface area contributed by atoms with Crippen molar-refractivity contribution in [2.24, 2.45) is 5.73 Å². The average Bonchev–Trinajstić information content (AvgIpc) is 3.02. The number of carbonyl (C=O) groups is 2. The monoisotopic (exact) mass is 438 g/mol. The number of primary amides is 1. The number of ketones is 1. The minimum Gasteiger partial charge on any atom is -0.368 e. The highest BCUT2D eigenvalue weighted by molar-refractivity contribution is 8.02. The summed E-state index contributed by atoms with van der Waals surface area (Å²) in [4.78, 5) is 24.5. The molecule has 1 aliphatic carbocycles. The van der Waals surface area contributed by atoms with Gasteiger partial charge >= 0.3 is 0 Å². The second kappa shape index (κ2) is 15.8. The fourth-order valence-electron chi connectivity index (χ4n) is 3.54. The Morgan fingerprint density at radius 2 is 1.76 bits per heavy atom. The second-order valence-electron chi connectivity index (χ2n) is 7.21. The number of nitrogens with one attached hydrogen (secondary N) is 1. The molecule has 0 radical (unpaired) electrons. The number of thiol groups is 1. The number of hydrogen-bond donors (Lipinski definition) is 3. The summed E-state index contributed by atoms with van der Waals surface area (Å²) in [5.74, 6) is -0.0723. The van der Waals surface area contributed by atoms with Gasteiger partial charge in [-0.15, -0.1) is 11.8 Å². The zero-order valence-corrected chi connectivity index (χ0v) is 19.7. The predicted molar refractivity (Wildman–Crippen MR) is 129 cm³/mol. The molecule has 4 nitrogen and oxygen atoms in total. The van der Waals surface area contributed by atoms with Crippen molar-refractivity contribution in [3.8, 4) is 0 Å². The fraction of sp³-hybridized carbons (Fsp3) is 0.652. The largest absolute Gasteiger partial charge is 0.368 e. The maximum atomic E-state index is 12.6. The zero-order valence-electron chi connectivity index (χ0n) is 17.9. The lowest BCUT2D eigenvalue weighted by atomic mass is 10.1. The van der Waals surface area contributed by atoms with Gasteiger partial charge in [-0.1, -0.05) is 69.9 Å². The molecular formula is C23H38N2O2S2. The summed E-state index contributed by atoms with van der Waals surface area (Å²) in [7, 11) is 0. The summed E-state index contributed by atoms with van der Waals surface area (Å²) >= 11 is 5.72. The van der Waals surface area contributed by atoms with Crippen LogP contribution in [0.5, 0.6) is 0 Å². The molecule has 0 saturated heterocycles. The minimum atomic E-state index is -0.805. The van der Waals surface area contributed by atoms with Gasteiger partial charge in [-0.25, -0.2) is 0 Å². The molecule has 0 aliphatic heterocycles. The van der Waals surface area contributed by atoms with Crippen LogP contribution in [0.1, 0.15) is 76.0 Å². The molecule has 0 spiro atoms. The van der Waals surface area contributed by atoms with E-state index in [4.69, 9.17) is 5.73 Å². The van der Waals surface area contributed by atoms with Crippen LogP contribution in [0.2, 0.25) is 0 Å². The molecule has 0 bridgehead atoms. The van der Waals surface area contributed by atoms with E-state index < -0.39 is 11.2 Å². The van der Waals surface area contributed by atoms with Gasteiger partial charge in [0.1, 0.15) is 5.25 Å². The molecular weight excluding hydrogens is 400 g/mol. The van der Waals surface area contributed by atoms with Crippen molar-refractivity contribution in [1.29, 1.82) is 0 Å². The van der Waals surface area contributed by atoms with E-state index in [0.717, 1.165) is 18.5 Å². The maximum Gasteiger partial charge on any atom is 0.238 e. The highest BCUT2D eigenvalue weighted by atomic mass is 32.2. The van der Waals surface area contributed by atoms with Crippen molar-refractivity contribution in [2.45, 2.75) is 81.8 Å². The molecule has 0 heterocycles. The predicted octanol–water partition coefficient (Wildman–Crippen LogP) is 4.93. The van der Waals surface area contributed by atoms with Gasteiger partial charge in [0.15, 0.2) is 5.78 Å². The Morgan fingerprint density at radius 3 is 2.31 bits per heavy atom. The number of hydrogen-bond acceptors (Lipinski definition) is 5. The lowest BCUT2D eigenvalue weighted by Crippen LogP contribution is -2.35. The molecule has 1 aromatic rings. The van der Waals surface area contributed by atoms with E-state index in [2.05, 4.69) is 17.9 Å². The summed E-state index contributed by atoms with van der Waals surface area (Å²) in [6, 6.07) is 10.4. The van der Waals surface area contributed by atoms with E-state index in [1.54, 1.807) is 0 Å². The Kier molecular flexibility index (Phi) is 14.2. The van der Waals surface area contributed by atoms with Crippen LogP contribution < -0.4 is 11.1 Å². The van der Waals surface area contributed by atoms with Crippen molar-refractivity contribution < 1.29 is 9.59 Å². The van der Waals surface area contributed by atoms with Crippen LogP contribution in [0.4, 0.5) is 0 Å². The molecule has 1 fully saturated rings. The van der Waals surface area contributed by atoms with E-state index in [-0.39, 0.29) is 11.0 Å². The number of thioether (sulfide) groups is 1. The van der Waals surface area contributed by atoms with Gasteiger partial charge in [-0.2, -0.15) is 12.6 Å². The van der Waals surface area contributed by atoms with Crippen LogP contribution in [0, 0.1) is 0 Å². The molecule has 1 aliphatic rings. The molecule has 1 saturated carbocycles. The second-order valence-corrected chi connectivity index (χ2v) is 8.89. The summed E-state index contributed by atoms with van der Waals surface area (Å²) < 4.78 is 0. The smallest absolute Gasteiger partial charge is 0.238 e. The van der Waals surface area contributed by atoms with E-state index in [1.165, 1.54) is 50.3 Å². The molecule has 1 aromatic carbocycles. The third-order valence-electron chi connectivity index (χ3n) is 5.08. The minimum absolute atomic E-state index is 0.0277. The van der Waals surface area contributed by atoms with Gasteiger partial charge in [0.25, 0.3) is 0 Å². The summed E-state index contributed by atoms with van der Waals surface area (Å²) in [6.07, 6.45) is 8.85. The molecule has 164 valence electrons. The van der Waals surface area contributed by atoms with Crippen molar-refractivity contribution in [3.05, 3.63) is 35.9 Å². The standard InChI is InChI=1S/C21H32N2O2S2.C2H6/c22-21(25)20(27-19(15-26)16-9-4-3-5-10-16)18(24)13-8-14-23-17-11-6-1-2-7-12-17;1-2/h3-5,9-10,17,19-20,23,26H,1-2,6-8,11-15H2,(H2,22,25);1-2H3. The number of carbonyl (C=O) groups excluding carboxylic acids is 2. The SMILES string of the molecule is CC.NC(=O)C(SC(CS)c1ccccc1)C(=O)CCCNC1CCCCCC1. The van der Waals surface area contributed by atoms with E-state index in [1.807, 2.05) is 44.2 Å². The third kappa shape index (κ3) is 10.1. The number of amides is 1. The summed E-state index contributed by atoms with van der Waals surface area (Å²) in [6.45, 7) is 4.82. The van der Waals surface area contributed by atoms with Crippen LogP contribution in [-0.4, -0.2) is 35.3 Å². The molecule has 6 heteroatoms. The van der Waals surface area contributed by atoms with Gasteiger partial charge in [0.2, 0.25) is 5.91 Å². The first-order valence-corrected chi connectivity index (χ1v) is 12.6. The number of benzene rings is 1. The Hall–Kier alpha value is -0.980. The van der Waals surface area contributed by atoms with Crippen molar-refractivity contribution >= 4 is 36.1 Å². The van der Waals surface area contributed by atoms with E-state index >= 15 is 0 Å². The number of nitrogens with two attached hydrogens (primary N) is 1. The summed E-state index contributed by atoms with van der Waals surface area (Å²) in [5, 5.41) is 2.74. The van der Waals surface area contributed by atoms with Crippen molar-refractivity contribution in [1.82, 2.24) is 5.32 Å². The maximum absolute atomic E-state index is 12.6. The fourth-order valence-corrected chi connectivity index (χ4v) is 5.15. The zero-order chi connectivity index (χ0) is 21.5. The molecule has 0 aromatic heterocycles. The van der Waals surface area contributed by atoms with Crippen LogP contribution in [0.3, 0.4) is 0 Å². The Bertz CT molecular complexity index is 576. The van der Waals surface area contributed by atoms with Crippen LogP contribution >= 0.6 is 24.4 Å². The van der Waals surface area contributed by atoms with Gasteiger partial charge in [0.05, 0.1) is 0 Å². The Balaban J connectivity index is 0.00000204. The van der Waals surface area contributed by atoms with Gasteiger partial charge in [-0.3, -0.25) is 9.59 Å². The first kappa shape index (κ1) is 26.1. The first-order valence-electron chi connectivity index (χ1n) is 11.0. The van der Waals surface area contributed by atoms with E-state index in [0.29, 0.717) is 18.2 Å². The summed E-state index contributed by atoms with van der Waals surface area (Å²) in [5.41, 5.74) is 6.60. The van der Waals surface area contributed by atoms with Crippen LogP contribution in [-0.2, 0) is 9.59 Å². The molecule has 29 heavy (non-hydrogen) atoms. The Labute approximate surface area is 186 Å². The van der Waals surface area contributed by atoms with Gasteiger partial charge in [0, 0.05) is 23.5 Å². The highest BCUT2D eigenvalue weighted by Crippen LogP contribution is 2.34. The number of Topliss-reactive ketones (excluding diaryl/α,β-unsaturated/α-hetero) is 1. The molecule has 2 unspecified atom stereocenters. The highest BCUT2D eigenvalue weighted by Gasteiger charge is 2.28. The topological polar surface area (TPSA) is 72.2 Å². The van der Waals surface area contributed by atoms with Crippen molar-refractivity contribution in [3.63, 3.8) is 0 Å². The molecule has 2 rings (SSSR count). The normalized spacial score (nSPS) is 16.8. The van der Waals surface area contributed by atoms with Gasteiger partial charge in [-0.05, 0) is 31.4 Å². The van der Waals surface area contributed by atoms with Crippen molar-refractivity contribution in [2.75, 3.05) is 12.3 Å². The van der Waals surface area contributed by atoms with Gasteiger partial charge < -0.3 is 11.1 Å². The van der Waals surface area contributed by atoms with Crippen LogP contribution in [0.25, 0.3) is 0 Å². The Morgan fingerprint density at radius 1 is 1.14 bits per heavy atom. The lowest BCUT2D eigenvalue weighted by Gasteiger charge is -2.20. The third-order valence-corrected chi connectivity index (χ3v) is 7.22. The molecule has 3 N–H and O–H groups in total. The van der Waals surface area contributed by atoms with Crippen LogP contribution in [0.15, 0.2) is 30.3 Å². The molecule has 1 amide bonds. The lowest BCUT2D eigenvalue weighted by molar-refractivity contribution is -0.125. The number of rotatable bonds is 11. The van der Waals surface area contributed by atoms with E-state index in [9.17, 15) is 9.59 Å². The molecule has 2 atom stereocenters. The first-order chi connectivity index (χ1) is 14.1. The quantitative estimate of drug-likeness (QED) is 0.198. The average molecular weight is 439 g/mol.